The zero-order valence-electron chi connectivity index (χ0n) is 5.36. The molecule has 0 aromatic carbocycles. The Morgan fingerprint density at radius 2 is 2.60 bits per heavy atom. The summed E-state index contributed by atoms with van der Waals surface area (Å²) in [6.07, 6.45) is 3.16. The van der Waals surface area contributed by atoms with Gasteiger partial charge >= 0.3 is 0 Å². The van der Waals surface area contributed by atoms with Crippen LogP contribution in [0.3, 0.4) is 0 Å². The van der Waals surface area contributed by atoms with E-state index in [9.17, 15) is 0 Å². The van der Waals surface area contributed by atoms with E-state index >= 15 is 0 Å². The van der Waals surface area contributed by atoms with E-state index in [-0.39, 0.29) is 6.23 Å². The van der Waals surface area contributed by atoms with Gasteiger partial charge in [-0.3, -0.25) is 4.99 Å². The predicted octanol–water partition coefficient (Wildman–Crippen LogP) is 1.38. The first-order chi connectivity index (χ1) is 4.97. The molecular formula is C7H7NO2. The van der Waals surface area contributed by atoms with Crippen molar-refractivity contribution >= 4 is 6.21 Å². The lowest BCUT2D eigenvalue weighted by molar-refractivity contribution is 0.0917. The molecule has 1 aliphatic heterocycles. The highest BCUT2D eigenvalue weighted by Gasteiger charge is 2.15. The minimum Gasteiger partial charge on any atom is -0.464 e. The first-order valence-electron chi connectivity index (χ1n) is 3.13. The van der Waals surface area contributed by atoms with E-state index in [0.717, 1.165) is 5.76 Å². The third-order valence-electron chi connectivity index (χ3n) is 1.36. The Balaban J connectivity index is 2.20. The largest absolute Gasteiger partial charge is 0.464 e. The SMILES string of the molecule is C1=NC(c2ccco2)OC1. The van der Waals surface area contributed by atoms with Gasteiger partial charge in [-0.05, 0) is 12.1 Å². The molecule has 1 aliphatic rings. The first-order valence-corrected chi connectivity index (χ1v) is 3.13. The number of nitrogens with zero attached hydrogens (tertiary/aromatic N) is 1. The first kappa shape index (κ1) is 5.68. The van der Waals surface area contributed by atoms with Crippen LogP contribution in [0.5, 0.6) is 0 Å². The minimum atomic E-state index is -0.199. The number of aliphatic imine (C=N–C) groups is 1. The molecule has 0 spiro atoms. The van der Waals surface area contributed by atoms with Crippen LogP contribution in [0.2, 0.25) is 0 Å². The van der Waals surface area contributed by atoms with Gasteiger partial charge < -0.3 is 9.15 Å². The molecular weight excluding hydrogens is 130 g/mol. The normalized spacial score (nSPS) is 23.8. The maximum absolute atomic E-state index is 5.18. The molecule has 0 saturated heterocycles. The topological polar surface area (TPSA) is 34.7 Å². The molecule has 1 aromatic rings. The summed E-state index contributed by atoms with van der Waals surface area (Å²) in [6.45, 7) is 0.589. The maximum Gasteiger partial charge on any atom is 0.206 e. The molecule has 0 N–H and O–H groups in total. The van der Waals surface area contributed by atoms with Gasteiger partial charge in [0.15, 0.2) is 5.76 Å². The summed E-state index contributed by atoms with van der Waals surface area (Å²) in [7, 11) is 0. The third-order valence-corrected chi connectivity index (χ3v) is 1.36. The van der Waals surface area contributed by atoms with Crippen molar-refractivity contribution in [3.05, 3.63) is 24.2 Å². The van der Waals surface area contributed by atoms with Gasteiger partial charge in [-0.25, -0.2) is 0 Å². The summed E-state index contributed by atoms with van der Waals surface area (Å²) >= 11 is 0. The molecule has 1 aromatic heterocycles. The van der Waals surface area contributed by atoms with Crippen molar-refractivity contribution in [2.75, 3.05) is 6.61 Å². The maximum atomic E-state index is 5.18. The molecule has 3 heteroatoms. The van der Waals surface area contributed by atoms with E-state index in [2.05, 4.69) is 4.99 Å². The third kappa shape index (κ3) is 0.844. The van der Waals surface area contributed by atoms with Crippen LogP contribution in [0.4, 0.5) is 0 Å². The fourth-order valence-corrected chi connectivity index (χ4v) is 0.903. The molecule has 0 fully saturated rings. The van der Waals surface area contributed by atoms with Crippen molar-refractivity contribution in [2.45, 2.75) is 6.23 Å². The summed E-state index contributed by atoms with van der Waals surface area (Å²) in [5.41, 5.74) is 0. The molecule has 0 amide bonds. The highest BCUT2D eigenvalue weighted by Crippen LogP contribution is 2.20. The Hall–Kier alpha value is -1.09. The van der Waals surface area contributed by atoms with E-state index in [4.69, 9.17) is 9.15 Å². The van der Waals surface area contributed by atoms with Crippen molar-refractivity contribution in [1.82, 2.24) is 0 Å². The van der Waals surface area contributed by atoms with Crippen LogP contribution in [-0.4, -0.2) is 12.8 Å². The number of furan rings is 1. The van der Waals surface area contributed by atoms with Crippen LogP contribution in [0.25, 0.3) is 0 Å². The van der Waals surface area contributed by atoms with Crippen LogP contribution >= 0.6 is 0 Å². The van der Waals surface area contributed by atoms with Crippen LogP contribution < -0.4 is 0 Å². The lowest BCUT2D eigenvalue weighted by Gasteiger charge is -2.00. The van der Waals surface area contributed by atoms with E-state index in [1.807, 2.05) is 12.1 Å². The molecule has 0 radical (unpaired) electrons. The highest BCUT2D eigenvalue weighted by molar-refractivity contribution is 5.60. The van der Waals surface area contributed by atoms with Crippen LogP contribution in [0.1, 0.15) is 12.0 Å². The average Bonchev–Trinajstić information content (AvgIpc) is 2.59. The van der Waals surface area contributed by atoms with Crippen LogP contribution in [0, 0.1) is 0 Å². The molecule has 2 rings (SSSR count). The second-order valence-electron chi connectivity index (χ2n) is 2.03. The number of rotatable bonds is 1. The lowest BCUT2D eigenvalue weighted by Crippen LogP contribution is -1.92. The van der Waals surface area contributed by atoms with Gasteiger partial charge in [-0.2, -0.15) is 0 Å². The fourth-order valence-electron chi connectivity index (χ4n) is 0.903. The molecule has 0 aliphatic carbocycles. The molecule has 2 heterocycles. The van der Waals surface area contributed by atoms with Crippen molar-refractivity contribution < 1.29 is 9.15 Å². The molecule has 10 heavy (non-hydrogen) atoms. The second kappa shape index (κ2) is 2.27. The van der Waals surface area contributed by atoms with Gasteiger partial charge in [0.1, 0.15) is 0 Å². The van der Waals surface area contributed by atoms with Crippen molar-refractivity contribution in [1.29, 1.82) is 0 Å². The van der Waals surface area contributed by atoms with E-state index in [1.54, 1.807) is 12.5 Å². The molecule has 1 unspecified atom stereocenters. The summed E-state index contributed by atoms with van der Waals surface area (Å²) in [4.78, 5) is 4.04. The molecule has 1 atom stereocenters. The summed E-state index contributed by atoms with van der Waals surface area (Å²) in [6, 6.07) is 3.68. The Morgan fingerprint density at radius 3 is 3.20 bits per heavy atom. The Bertz CT molecular complexity index is 228. The Morgan fingerprint density at radius 1 is 1.60 bits per heavy atom. The summed E-state index contributed by atoms with van der Waals surface area (Å²) in [5.74, 6) is 0.772. The van der Waals surface area contributed by atoms with Gasteiger partial charge in [0.2, 0.25) is 6.23 Å². The van der Waals surface area contributed by atoms with Gasteiger partial charge in [-0.1, -0.05) is 0 Å². The monoisotopic (exact) mass is 137 g/mol. The quantitative estimate of drug-likeness (QED) is 0.586. The van der Waals surface area contributed by atoms with Gasteiger partial charge in [0, 0.05) is 6.21 Å². The van der Waals surface area contributed by atoms with Crippen LogP contribution in [0.15, 0.2) is 27.8 Å². The van der Waals surface area contributed by atoms with Crippen molar-refractivity contribution in [3.8, 4) is 0 Å². The number of hydrogen-bond acceptors (Lipinski definition) is 3. The highest BCUT2D eigenvalue weighted by atomic mass is 16.5. The van der Waals surface area contributed by atoms with Gasteiger partial charge in [0.25, 0.3) is 0 Å². The van der Waals surface area contributed by atoms with Gasteiger partial charge in [0.05, 0.1) is 12.9 Å². The molecule has 0 bridgehead atoms. The average molecular weight is 137 g/mol. The smallest absolute Gasteiger partial charge is 0.206 e. The van der Waals surface area contributed by atoms with E-state index < -0.39 is 0 Å². The zero-order valence-corrected chi connectivity index (χ0v) is 5.36. The lowest BCUT2D eigenvalue weighted by atomic mass is 10.4. The summed E-state index contributed by atoms with van der Waals surface area (Å²) in [5, 5.41) is 0. The van der Waals surface area contributed by atoms with Crippen molar-refractivity contribution in [2.24, 2.45) is 4.99 Å². The fraction of sp³-hybridized carbons (Fsp3) is 0.286. The Kier molecular flexibility index (Phi) is 1.29. The van der Waals surface area contributed by atoms with E-state index in [0.29, 0.717) is 6.61 Å². The number of hydrogen-bond donors (Lipinski definition) is 0. The standard InChI is InChI=1S/C7H7NO2/c1-2-6(9-4-1)7-8-3-5-10-7/h1-4,7H,5H2. The molecule has 52 valence electrons. The number of ether oxygens (including phenoxy) is 1. The Labute approximate surface area is 58.3 Å². The predicted molar refractivity (Wildman–Crippen MR) is 35.9 cm³/mol. The zero-order chi connectivity index (χ0) is 6.81. The van der Waals surface area contributed by atoms with E-state index in [1.165, 1.54) is 0 Å². The second-order valence-corrected chi connectivity index (χ2v) is 2.03. The van der Waals surface area contributed by atoms with Crippen molar-refractivity contribution in [3.63, 3.8) is 0 Å². The summed E-state index contributed by atoms with van der Waals surface area (Å²) < 4.78 is 10.3. The van der Waals surface area contributed by atoms with Gasteiger partial charge in [-0.15, -0.1) is 0 Å². The minimum absolute atomic E-state index is 0.199. The molecule has 3 nitrogen and oxygen atoms in total. The molecule has 0 saturated carbocycles. The van der Waals surface area contributed by atoms with Crippen LogP contribution in [-0.2, 0) is 4.74 Å².